The van der Waals surface area contributed by atoms with Crippen molar-refractivity contribution in [2.45, 2.75) is 25.7 Å². The van der Waals surface area contributed by atoms with E-state index in [4.69, 9.17) is 4.42 Å². The third-order valence-corrected chi connectivity index (χ3v) is 5.39. The molecule has 0 radical (unpaired) electrons. The number of piperidine rings is 1. The Morgan fingerprint density at radius 3 is 2.89 bits per heavy atom. The molecule has 4 rings (SSSR count). The summed E-state index contributed by atoms with van der Waals surface area (Å²) in [5.41, 5.74) is 2.93. The number of benzene rings is 2. The third kappa shape index (κ3) is 4.22. The number of carbonyl (C=O) groups is 1. The molecule has 0 bridgehead atoms. The van der Waals surface area contributed by atoms with Crippen LogP contribution in [0.1, 0.15) is 40.4 Å². The van der Waals surface area contributed by atoms with Gasteiger partial charge in [0, 0.05) is 30.6 Å². The number of hydrogen-bond acceptors (Lipinski definition) is 3. The predicted octanol–water partition coefficient (Wildman–Crippen LogP) is 4.35. The molecular formula is C23H26N2O2. The van der Waals surface area contributed by atoms with Gasteiger partial charge in [-0.05, 0) is 62.1 Å². The minimum absolute atomic E-state index is 0.0210. The molecule has 2 aromatic carbocycles. The number of aryl methyl sites for hydroxylation is 1. The molecule has 140 valence electrons. The molecule has 1 aromatic heterocycles. The van der Waals surface area contributed by atoms with Crippen molar-refractivity contribution in [1.82, 2.24) is 10.2 Å². The van der Waals surface area contributed by atoms with Gasteiger partial charge in [0.25, 0.3) is 5.91 Å². The zero-order valence-corrected chi connectivity index (χ0v) is 15.8. The van der Waals surface area contributed by atoms with Gasteiger partial charge in [-0.3, -0.25) is 4.79 Å². The Hall–Kier alpha value is -2.59. The first kappa shape index (κ1) is 17.8. The number of rotatable bonds is 5. The van der Waals surface area contributed by atoms with Gasteiger partial charge in [0.15, 0.2) is 0 Å². The number of nitrogens with zero attached hydrogens (tertiary/aromatic N) is 1. The van der Waals surface area contributed by atoms with Crippen LogP contribution in [0.15, 0.2) is 59.0 Å². The first-order chi connectivity index (χ1) is 13.2. The largest absolute Gasteiger partial charge is 0.461 e. The Balaban J connectivity index is 1.30. The van der Waals surface area contributed by atoms with Crippen LogP contribution in [0.5, 0.6) is 0 Å². The molecule has 2 heterocycles. The van der Waals surface area contributed by atoms with Crippen molar-refractivity contribution in [3.05, 3.63) is 71.5 Å². The maximum atomic E-state index is 12.5. The van der Waals surface area contributed by atoms with Gasteiger partial charge >= 0.3 is 0 Å². The van der Waals surface area contributed by atoms with E-state index in [1.54, 1.807) is 0 Å². The molecule has 1 fully saturated rings. The van der Waals surface area contributed by atoms with Gasteiger partial charge in [-0.15, -0.1) is 0 Å². The summed E-state index contributed by atoms with van der Waals surface area (Å²) in [4.78, 5) is 14.9. The number of carbonyl (C=O) groups excluding carboxylic acids is 1. The first-order valence-electron chi connectivity index (χ1n) is 9.75. The summed E-state index contributed by atoms with van der Waals surface area (Å²) in [7, 11) is 0. The van der Waals surface area contributed by atoms with Gasteiger partial charge < -0.3 is 14.6 Å². The van der Waals surface area contributed by atoms with E-state index in [9.17, 15) is 4.79 Å². The molecule has 1 aliphatic rings. The molecule has 27 heavy (non-hydrogen) atoms. The molecule has 1 amide bonds. The summed E-state index contributed by atoms with van der Waals surface area (Å²) in [6, 6.07) is 18.3. The van der Waals surface area contributed by atoms with E-state index >= 15 is 0 Å². The van der Waals surface area contributed by atoms with Crippen molar-refractivity contribution in [2.75, 3.05) is 26.2 Å². The normalized spacial score (nSPS) is 17.9. The number of hydrogen-bond donors (Lipinski definition) is 1. The molecule has 3 aromatic rings. The second kappa shape index (κ2) is 7.97. The first-order valence-corrected chi connectivity index (χ1v) is 9.75. The summed E-state index contributed by atoms with van der Waals surface area (Å²) in [6.07, 6.45) is 2.46. The van der Waals surface area contributed by atoms with Crippen LogP contribution in [0.2, 0.25) is 0 Å². The summed E-state index contributed by atoms with van der Waals surface area (Å²) >= 11 is 0. The number of furan rings is 1. The summed E-state index contributed by atoms with van der Waals surface area (Å²) in [6.45, 7) is 5.66. The standard InChI is InChI=1S/C23H26N2O2/c1-17-14-21-15-19(9-10-22(21)27-17)23(26)24-11-13-25-12-5-8-20(16-25)18-6-3-2-4-7-18/h2-4,6-7,9-10,14-15,20H,5,8,11-13,16H2,1H3,(H,24,26). The molecule has 1 aliphatic heterocycles. The van der Waals surface area contributed by atoms with Gasteiger partial charge in [0.2, 0.25) is 0 Å². The van der Waals surface area contributed by atoms with E-state index in [1.165, 1.54) is 18.4 Å². The molecule has 0 aliphatic carbocycles. The highest BCUT2D eigenvalue weighted by molar-refractivity contribution is 5.97. The van der Waals surface area contributed by atoms with Gasteiger partial charge in [-0.2, -0.15) is 0 Å². The zero-order chi connectivity index (χ0) is 18.6. The average Bonchev–Trinajstić information content (AvgIpc) is 3.08. The number of amides is 1. The fraction of sp³-hybridized carbons (Fsp3) is 0.348. The smallest absolute Gasteiger partial charge is 0.251 e. The third-order valence-electron chi connectivity index (χ3n) is 5.39. The van der Waals surface area contributed by atoms with Gasteiger partial charge in [-0.1, -0.05) is 30.3 Å². The SMILES string of the molecule is Cc1cc2cc(C(=O)NCCN3CCCC(c4ccccc4)C3)ccc2o1. The molecule has 0 spiro atoms. The Kier molecular flexibility index (Phi) is 5.26. The van der Waals surface area contributed by atoms with Gasteiger partial charge in [0.05, 0.1) is 0 Å². The molecule has 1 N–H and O–H groups in total. The molecule has 1 saturated heterocycles. The van der Waals surface area contributed by atoms with Crippen molar-refractivity contribution < 1.29 is 9.21 Å². The second-order valence-corrected chi connectivity index (χ2v) is 7.42. The van der Waals surface area contributed by atoms with E-state index in [0.29, 0.717) is 18.0 Å². The van der Waals surface area contributed by atoms with Crippen molar-refractivity contribution in [3.63, 3.8) is 0 Å². The Morgan fingerprint density at radius 1 is 1.19 bits per heavy atom. The second-order valence-electron chi connectivity index (χ2n) is 7.42. The fourth-order valence-electron chi connectivity index (χ4n) is 4.00. The fourth-order valence-corrected chi connectivity index (χ4v) is 4.00. The summed E-state index contributed by atoms with van der Waals surface area (Å²) in [5.74, 6) is 1.44. The van der Waals surface area contributed by atoms with Crippen molar-refractivity contribution >= 4 is 16.9 Å². The maximum Gasteiger partial charge on any atom is 0.251 e. The van der Waals surface area contributed by atoms with Crippen LogP contribution in [0, 0.1) is 6.92 Å². The Bertz CT molecular complexity index is 917. The number of nitrogens with one attached hydrogen (secondary N) is 1. The molecule has 1 unspecified atom stereocenters. The van der Waals surface area contributed by atoms with Crippen LogP contribution in [0.3, 0.4) is 0 Å². The van der Waals surface area contributed by atoms with Crippen LogP contribution in [-0.2, 0) is 0 Å². The van der Waals surface area contributed by atoms with Gasteiger partial charge in [0.1, 0.15) is 11.3 Å². The number of likely N-dealkylation sites (tertiary alicyclic amines) is 1. The molecule has 4 heteroatoms. The van der Waals surface area contributed by atoms with E-state index in [2.05, 4.69) is 40.5 Å². The van der Waals surface area contributed by atoms with E-state index < -0.39 is 0 Å². The van der Waals surface area contributed by atoms with Crippen molar-refractivity contribution in [3.8, 4) is 0 Å². The molecule has 4 nitrogen and oxygen atoms in total. The molecule has 0 saturated carbocycles. The highest BCUT2D eigenvalue weighted by Gasteiger charge is 2.21. The minimum atomic E-state index is -0.0210. The van der Waals surface area contributed by atoms with Crippen LogP contribution < -0.4 is 5.32 Å². The molecule has 1 atom stereocenters. The monoisotopic (exact) mass is 362 g/mol. The number of fused-ring (bicyclic) bond motifs is 1. The van der Waals surface area contributed by atoms with Crippen LogP contribution in [-0.4, -0.2) is 37.0 Å². The van der Waals surface area contributed by atoms with Gasteiger partial charge in [-0.25, -0.2) is 0 Å². The summed E-state index contributed by atoms with van der Waals surface area (Å²) < 4.78 is 5.57. The van der Waals surface area contributed by atoms with E-state index in [-0.39, 0.29) is 5.91 Å². The minimum Gasteiger partial charge on any atom is -0.461 e. The van der Waals surface area contributed by atoms with E-state index in [1.807, 2.05) is 31.2 Å². The van der Waals surface area contributed by atoms with Crippen molar-refractivity contribution in [2.24, 2.45) is 0 Å². The van der Waals surface area contributed by atoms with Crippen LogP contribution in [0.25, 0.3) is 11.0 Å². The quantitative estimate of drug-likeness (QED) is 0.734. The van der Waals surface area contributed by atoms with Crippen LogP contribution >= 0.6 is 0 Å². The highest BCUT2D eigenvalue weighted by atomic mass is 16.3. The lowest BCUT2D eigenvalue weighted by molar-refractivity contribution is 0.0945. The lowest BCUT2D eigenvalue weighted by Gasteiger charge is -2.33. The van der Waals surface area contributed by atoms with E-state index in [0.717, 1.165) is 36.4 Å². The molecular weight excluding hydrogens is 336 g/mol. The Morgan fingerprint density at radius 2 is 2.04 bits per heavy atom. The topological polar surface area (TPSA) is 45.5 Å². The average molecular weight is 362 g/mol. The Labute approximate surface area is 160 Å². The van der Waals surface area contributed by atoms with Crippen LogP contribution in [0.4, 0.5) is 0 Å². The van der Waals surface area contributed by atoms with Crippen molar-refractivity contribution in [1.29, 1.82) is 0 Å². The predicted molar refractivity (Wildman–Crippen MR) is 108 cm³/mol. The zero-order valence-electron chi connectivity index (χ0n) is 15.8. The lowest BCUT2D eigenvalue weighted by atomic mass is 9.91. The highest BCUT2D eigenvalue weighted by Crippen LogP contribution is 2.26. The maximum absolute atomic E-state index is 12.5. The lowest BCUT2D eigenvalue weighted by Crippen LogP contribution is -2.40. The summed E-state index contributed by atoms with van der Waals surface area (Å²) in [5, 5.41) is 4.04.